The number of nitrogens with one attached hydrogen (secondary N) is 1. The summed E-state index contributed by atoms with van der Waals surface area (Å²) >= 11 is 2.84. The van der Waals surface area contributed by atoms with Gasteiger partial charge < -0.3 is 4.42 Å². The van der Waals surface area contributed by atoms with Gasteiger partial charge in [0.1, 0.15) is 4.88 Å². The molecule has 3 rings (SSSR count). The van der Waals surface area contributed by atoms with Crippen LogP contribution in [-0.4, -0.2) is 30.9 Å². The van der Waals surface area contributed by atoms with Crippen molar-refractivity contribution in [3.63, 3.8) is 0 Å². The lowest BCUT2D eigenvalue weighted by atomic mass is 10.1. The van der Waals surface area contributed by atoms with Crippen molar-refractivity contribution >= 4 is 35.2 Å². The van der Waals surface area contributed by atoms with Gasteiger partial charge in [-0.3, -0.25) is 10.1 Å². The minimum atomic E-state index is -0.349. The summed E-state index contributed by atoms with van der Waals surface area (Å²) in [7, 11) is 0. The highest BCUT2D eigenvalue weighted by molar-refractivity contribution is 7.99. The van der Waals surface area contributed by atoms with Crippen molar-refractivity contribution in [2.75, 3.05) is 5.32 Å². The maximum absolute atomic E-state index is 12.1. The highest BCUT2D eigenvalue weighted by Gasteiger charge is 2.16. The zero-order valence-electron chi connectivity index (χ0n) is 14.0. The molecule has 1 amide bonds. The van der Waals surface area contributed by atoms with Crippen LogP contribution in [0.15, 0.2) is 33.6 Å². The molecule has 130 valence electrons. The van der Waals surface area contributed by atoms with Crippen LogP contribution in [0.4, 0.5) is 6.01 Å². The molecule has 0 aliphatic heterocycles. The quantitative estimate of drug-likeness (QED) is 0.658. The van der Waals surface area contributed by atoms with Crippen molar-refractivity contribution < 1.29 is 9.21 Å². The number of benzene rings is 1. The van der Waals surface area contributed by atoms with Crippen LogP contribution in [-0.2, 0) is 6.42 Å². The molecule has 3 aromatic rings. The number of nitrogens with zero attached hydrogens (tertiary/aromatic N) is 4. The van der Waals surface area contributed by atoms with Gasteiger partial charge in [0.05, 0.1) is 12.1 Å². The molecule has 0 radical (unpaired) electrons. The van der Waals surface area contributed by atoms with Gasteiger partial charge >= 0.3 is 6.01 Å². The summed E-state index contributed by atoms with van der Waals surface area (Å²) in [5.74, 6) is 0.0940. The molecule has 7 nitrogen and oxygen atoms in total. The van der Waals surface area contributed by atoms with E-state index >= 15 is 0 Å². The maximum Gasteiger partial charge on any atom is 0.322 e. The van der Waals surface area contributed by atoms with Crippen LogP contribution >= 0.6 is 23.3 Å². The van der Waals surface area contributed by atoms with Crippen LogP contribution in [0.3, 0.4) is 0 Å². The van der Waals surface area contributed by atoms with Gasteiger partial charge in [-0.1, -0.05) is 35.6 Å². The lowest BCUT2D eigenvalue weighted by Crippen LogP contribution is -2.11. The van der Waals surface area contributed by atoms with Gasteiger partial charge in [0.25, 0.3) is 5.91 Å². The third-order valence-corrected chi connectivity index (χ3v) is 5.04. The molecule has 9 heteroatoms. The second kappa shape index (κ2) is 7.75. The fourth-order valence-electron chi connectivity index (χ4n) is 2.10. The normalized spacial score (nSPS) is 11.0. The van der Waals surface area contributed by atoms with Gasteiger partial charge in [-0.15, -0.1) is 22.0 Å². The van der Waals surface area contributed by atoms with E-state index in [1.54, 1.807) is 6.92 Å². The summed E-state index contributed by atoms with van der Waals surface area (Å²) in [5, 5.41) is 14.8. The van der Waals surface area contributed by atoms with Crippen LogP contribution < -0.4 is 5.32 Å². The van der Waals surface area contributed by atoms with Gasteiger partial charge in [0.15, 0.2) is 0 Å². The minimum Gasteiger partial charge on any atom is -0.407 e. The first kappa shape index (κ1) is 17.6. The summed E-state index contributed by atoms with van der Waals surface area (Å²) < 4.78 is 9.23. The molecule has 0 aliphatic carbocycles. The fourth-order valence-corrected chi connectivity index (χ4v) is 3.49. The molecule has 2 heterocycles. The molecule has 1 N–H and O–H groups in total. The molecule has 1 aromatic carbocycles. The first-order valence-corrected chi connectivity index (χ1v) is 9.35. The Kier molecular flexibility index (Phi) is 5.44. The lowest BCUT2D eigenvalue weighted by Gasteiger charge is -2.05. The molecule has 0 atom stereocenters. The van der Waals surface area contributed by atoms with Crippen LogP contribution in [0.5, 0.6) is 0 Å². The Balaban J connectivity index is 1.62. The Hall–Kier alpha value is -2.26. The Morgan fingerprint density at radius 1 is 1.24 bits per heavy atom. The number of aromatic nitrogens is 4. The van der Waals surface area contributed by atoms with E-state index in [9.17, 15) is 4.79 Å². The predicted molar refractivity (Wildman–Crippen MR) is 97.1 cm³/mol. The Labute approximate surface area is 153 Å². The molecule has 0 aliphatic rings. The number of anilines is 1. The van der Waals surface area contributed by atoms with Gasteiger partial charge in [0, 0.05) is 10.1 Å². The molecule has 0 unspecified atom stereocenters. The van der Waals surface area contributed by atoms with E-state index in [1.807, 2.05) is 23.9 Å². The third-order valence-electron chi connectivity index (χ3n) is 3.20. The number of hydrogen-bond acceptors (Lipinski definition) is 8. The van der Waals surface area contributed by atoms with E-state index in [1.165, 1.54) is 4.90 Å². The SMILES string of the molecule is Cc1nnsc1C(=O)Nc1nnc(Cc2ccc(SC(C)C)cc2)o1. The van der Waals surface area contributed by atoms with Crippen molar-refractivity contribution in [2.24, 2.45) is 0 Å². The zero-order valence-corrected chi connectivity index (χ0v) is 15.6. The van der Waals surface area contributed by atoms with Gasteiger partial charge in [-0.05, 0) is 36.2 Å². The van der Waals surface area contributed by atoms with E-state index in [4.69, 9.17) is 4.42 Å². The molecule has 0 fully saturated rings. The maximum atomic E-state index is 12.1. The molecule has 0 saturated heterocycles. The number of carbonyl (C=O) groups is 1. The average Bonchev–Trinajstić information content (AvgIpc) is 3.18. The Morgan fingerprint density at radius 3 is 2.64 bits per heavy atom. The van der Waals surface area contributed by atoms with Gasteiger partial charge in [-0.2, -0.15) is 0 Å². The van der Waals surface area contributed by atoms with Crippen molar-refractivity contribution in [3.8, 4) is 0 Å². The first-order chi connectivity index (χ1) is 12.0. The van der Waals surface area contributed by atoms with Gasteiger partial charge in [0.2, 0.25) is 5.89 Å². The number of thioether (sulfide) groups is 1. The summed E-state index contributed by atoms with van der Waals surface area (Å²) in [5.41, 5.74) is 1.64. The molecule has 25 heavy (non-hydrogen) atoms. The zero-order chi connectivity index (χ0) is 17.8. The second-order valence-corrected chi connectivity index (χ2v) is 8.03. The molecular formula is C16H17N5O2S2. The summed E-state index contributed by atoms with van der Waals surface area (Å²) in [4.78, 5) is 13.7. The van der Waals surface area contributed by atoms with Gasteiger partial charge in [-0.25, -0.2) is 0 Å². The van der Waals surface area contributed by atoms with E-state index in [0.29, 0.717) is 28.1 Å². The van der Waals surface area contributed by atoms with E-state index in [-0.39, 0.29) is 11.9 Å². The number of carbonyl (C=O) groups excluding carboxylic acids is 1. The minimum absolute atomic E-state index is 0.0692. The number of rotatable bonds is 6. The smallest absolute Gasteiger partial charge is 0.322 e. The Bertz CT molecular complexity index is 858. The fraction of sp³-hybridized carbons (Fsp3) is 0.312. The van der Waals surface area contributed by atoms with E-state index in [0.717, 1.165) is 17.1 Å². The topological polar surface area (TPSA) is 93.8 Å². The molecular weight excluding hydrogens is 358 g/mol. The van der Waals surface area contributed by atoms with Crippen LogP contribution in [0.25, 0.3) is 0 Å². The summed E-state index contributed by atoms with van der Waals surface area (Å²) in [6.45, 7) is 6.05. The highest BCUT2D eigenvalue weighted by atomic mass is 32.2. The van der Waals surface area contributed by atoms with Crippen LogP contribution in [0.2, 0.25) is 0 Å². The van der Waals surface area contributed by atoms with Crippen molar-refractivity contribution in [1.82, 2.24) is 19.8 Å². The van der Waals surface area contributed by atoms with Crippen molar-refractivity contribution in [3.05, 3.63) is 46.3 Å². The molecule has 2 aromatic heterocycles. The second-order valence-electron chi connectivity index (χ2n) is 5.63. The Morgan fingerprint density at radius 2 is 2.00 bits per heavy atom. The summed E-state index contributed by atoms with van der Waals surface area (Å²) in [6, 6.07) is 8.32. The average molecular weight is 375 g/mol. The lowest BCUT2D eigenvalue weighted by molar-refractivity contribution is 0.102. The highest BCUT2D eigenvalue weighted by Crippen LogP contribution is 2.23. The standard InChI is InChI=1S/C16H17N5O2S2/c1-9(2)24-12-6-4-11(5-7-12)8-13-19-20-16(23-13)17-15(22)14-10(3)18-21-25-14/h4-7,9H,8H2,1-3H3,(H,17,20,22). The number of hydrogen-bond donors (Lipinski definition) is 1. The van der Waals surface area contributed by atoms with E-state index < -0.39 is 0 Å². The van der Waals surface area contributed by atoms with Crippen LogP contribution in [0.1, 0.15) is 40.7 Å². The summed E-state index contributed by atoms with van der Waals surface area (Å²) in [6.07, 6.45) is 0.511. The first-order valence-electron chi connectivity index (χ1n) is 7.69. The van der Waals surface area contributed by atoms with Crippen LogP contribution in [0, 0.1) is 6.92 Å². The monoisotopic (exact) mass is 375 g/mol. The molecule has 0 bridgehead atoms. The predicted octanol–water partition coefficient (Wildman–Crippen LogP) is 3.57. The molecule has 0 spiro atoms. The van der Waals surface area contributed by atoms with Crippen molar-refractivity contribution in [1.29, 1.82) is 0 Å². The third kappa shape index (κ3) is 4.64. The number of aryl methyl sites for hydroxylation is 1. The van der Waals surface area contributed by atoms with Crippen molar-refractivity contribution in [2.45, 2.75) is 37.3 Å². The molecule has 0 saturated carbocycles. The largest absolute Gasteiger partial charge is 0.407 e. The number of amides is 1. The van der Waals surface area contributed by atoms with E-state index in [2.05, 4.69) is 51.1 Å².